The number of esters is 1. The number of nitrogen functional groups attached to an aromatic ring is 1. The Hall–Kier alpha value is -4.26. The molecule has 0 heterocycles. The number of carbonyl (C=O) groups is 2. The van der Waals surface area contributed by atoms with Crippen LogP contribution in [0.25, 0.3) is 6.08 Å². The van der Waals surface area contributed by atoms with Gasteiger partial charge in [-0.25, -0.2) is 9.59 Å². The molecule has 0 amide bonds. The summed E-state index contributed by atoms with van der Waals surface area (Å²) in [5, 5.41) is 18.0. The van der Waals surface area contributed by atoms with E-state index in [0.29, 0.717) is 17.2 Å². The fourth-order valence-corrected chi connectivity index (χ4v) is 2.34. The molecule has 7 heteroatoms. The van der Waals surface area contributed by atoms with Gasteiger partial charge in [-0.15, -0.1) is 0 Å². The van der Waals surface area contributed by atoms with Gasteiger partial charge in [0, 0.05) is 23.4 Å². The summed E-state index contributed by atoms with van der Waals surface area (Å²) in [4.78, 5) is 22.0. The summed E-state index contributed by atoms with van der Waals surface area (Å²) < 4.78 is 10.1. The smallest absolute Gasteiger partial charge is 0.347 e. The SMILES string of the molecule is COc1ccccc1C=CC(=O)O.Nc1ccc(C(=O)Oc2ccccc2)c(O)c1. The summed E-state index contributed by atoms with van der Waals surface area (Å²) in [5.74, 6) is -0.681. The van der Waals surface area contributed by atoms with Crippen molar-refractivity contribution in [2.75, 3.05) is 12.8 Å². The second kappa shape index (κ2) is 10.9. The highest BCUT2D eigenvalue weighted by molar-refractivity contribution is 5.94. The van der Waals surface area contributed by atoms with Crippen LogP contribution in [0.3, 0.4) is 0 Å². The third kappa shape index (κ3) is 6.72. The van der Waals surface area contributed by atoms with Gasteiger partial charge in [0.2, 0.25) is 0 Å². The summed E-state index contributed by atoms with van der Waals surface area (Å²) in [6, 6.07) is 20.1. The van der Waals surface area contributed by atoms with Crippen molar-refractivity contribution in [2.24, 2.45) is 0 Å². The van der Waals surface area contributed by atoms with Crippen molar-refractivity contribution >= 4 is 23.7 Å². The minimum Gasteiger partial charge on any atom is -0.507 e. The Bertz CT molecular complexity index is 1030. The standard InChI is InChI=1S/C13H11NO3.C10H10O3/c14-9-6-7-11(12(15)8-9)13(16)17-10-4-2-1-3-5-10;1-13-9-5-3-2-4-8(9)6-7-10(11)12/h1-8,15H,14H2;2-7H,1H3,(H,11,12). The largest absolute Gasteiger partial charge is 0.507 e. The zero-order valence-electron chi connectivity index (χ0n) is 16.2. The first-order chi connectivity index (χ1) is 14.4. The number of aliphatic carboxylic acids is 1. The lowest BCUT2D eigenvalue weighted by molar-refractivity contribution is -0.131. The molecule has 0 unspecified atom stereocenters. The van der Waals surface area contributed by atoms with Crippen LogP contribution in [-0.4, -0.2) is 29.3 Å². The molecule has 0 bridgehead atoms. The molecule has 0 aromatic heterocycles. The van der Waals surface area contributed by atoms with Gasteiger partial charge in [-0.3, -0.25) is 0 Å². The van der Waals surface area contributed by atoms with Crippen LogP contribution in [0.15, 0.2) is 78.9 Å². The number of carboxylic acid groups (broad SMARTS) is 1. The van der Waals surface area contributed by atoms with Crippen molar-refractivity contribution in [3.05, 3.63) is 90.0 Å². The Kier molecular flexibility index (Phi) is 8.02. The predicted octanol–water partition coefficient (Wildman–Crippen LogP) is 3.99. The number of hydrogen-bond acceptors (Lipinski definition) is 6. The third-order valence-electron chi connectivity index (χ3n) is 3.74. The van der Waals surface area contributed by atoms with Crippen LogP contribution in [0.5, 0.6) is 17.2 Å². The lowest BCUT2D eigenvalue weighted by Gasteiger charge is -2.06. The van der Waals surface area contributed by atoms with E-state index in [1.165, 1.54) is 24.3 Å². The van der Waals surface area contributed by atoms with Gasteiger partial charge >= 0.3 is 11.9 Å². The molecule has 0 aliphatic rings. The zero-order chi connectivity index (χ0) is 21.9. The first-order valence-electron chi connectivity index (χ1n) is 8.80. The van der Waals surface area contributed by atoms with E-state index in [-0.39, 0.29) is 11.3 Å². The van der Waals surface area contributed by atoms with E-state index in [0.717, 1.165) is 11.6 Å². The maximum absolute atomic E-state index is 11.7. The molecule has 7 nitrogen and oxygen atoms in total. The number of carboxylic acids is 1. The molecule has 154 valence electrons. The first-order valence-corrected chi connectivity index (χ1v) is 8.80. The van der Waals surface area contributed by atoms with Crippen molar-refractivity contribution in [1.82, 2.24) is 0 Å². The summed E-state index contributed by atoms with van der Waals surface area (Å²) in [5.41, 5.74) is 6.70. The minimum atomic E-state index is -0.967. The average molecular weight is 407 g/mol. The number of carbonyl (C=O) groups excluding carboxylic acids is 1. The van der Waals surface area contributed by atoms with Crippen molar-refractivity contribution in [1.29, 1.82) is 0 Å². The Morgan fingerprint density at radius 3 is 2.27 bits per heavy atom. The molecule has 4 N–H and O–H groups in total. The molecule has 30 heavy (non-hydrogen) atoms. The quantitative estimate of drug-likeness (QED) is 0.253. The van der Waals surface area contributed by atoms with E-state index in [1.807, 2.05) is 18.2 Å². The lowest BCUT2D eigenvalue weighted by atomic mass is 10.2. The Balaban J connectivity index is 0.000000222. The van der Waals surface area contributed by atoms with Gasteiger partial charge in [-0.2, -0.15) is 0 Å². The number of ether oxygens (including phenoxy) is 2. The fraction of sp³-hybridized carbons (Fsp3) is 0.0435. The van der Waals surface area contributed by atoms with Gasteiger partial charge in [0.05, 0.1) is 7.11 Å². The maximum atomic E-state index is 11.7. The molecular weight excluding hydrogens is 386 g/mol. The van der Waals surface area contributed by atoms with E-state index >= 15 is 0 Å². The molecule has 0 fully saturated rings. The van der Waals surface area contributed by atoms with Crippen molar-refractivity contribution < 1.29 is 29.3 Å². The number of para-hydroxylation sites is 2. The minimum absolute atomic E-state index is 0.0862. The number of anilines is 1. The van der Waals surface area contributed by atoms with Crippen LogP contribution in [0.4, 0.5) is 5.69 Å². The summed E-state index contributed by atoms with van der Waals surface area (Å²) in [6.45, 7) is 0. The average Bonchev–Trinajstić information content (AvgIpc) is 2.73. The Labute approximate surface area is 173 Å². The van der Waals surface area contributed by atoms with Gasteiger partial charge in [-0.1, -0.05) is 36.4 Å². The molecule has 0 aliphatic carbocycles. The molecule has 3 rings (SSSR count). The van der Waals surface area contributed by atoms with Crippen molar-refractivity contribution in [3.8, 4) is 17.2 Å². The van der Waals surface area contributed by atoms with E-state index < -0.39 is 11.9 Å². The number of hydrogen-bond donors (Lipinski definition) is 3. The summed E-state index contributed by atoms with van der Waals surface area (Å²) >= 11 is 0. The highest BCUT2D eigenvalue weighted by Gasteiger charge is 2.13. The normalized spacial score (nSPS) is 10.0. The predicted molar refractivity (Wildman–Crippen MR) is 114 cm³/mol. The molecule has 0 saturated heterocycles. The van der Waals surface area contributed by atoms with Crippen LogP contribution < -0.4 is 15.2 Å². The monoisotopic (exact) mass is 407 g/mol. The van der Waals surface area contributed by atoms with Crippen molar-refractivity contribution in [2.45, 2.75) is 0 Å². The molecule has 3 aromatic rings. The van der Waals surface area contributed by atoms with E-state index in [4.69, 9.17) is 20.3 Å². The summed E-state index contributed by atoms with van der Waals surface area (Å²) in [6.07, 6.45) is 2.58. The molecule has 0 aliphatic heterocycles. The van der Waals surface area contributed by atoms with Gasteiger partial charge in [0.15, 0.2) is 0 Å². The fourth-order valence-electron chi connectivity index (χ4n) is 2.34. The van der Waals surface area contributed by atoms with Gasteiger partial charge in [0.25, 0.3) is 0 Å². The lowest BCUT2D eigenvalue weighted by Crippen LogP contribution is -2.08. The van der Waals surface area contributed by atoms with E-state index in [9.17, 15) is 14.7 Å². The number of methoxy groups -OCH3 is 1. The summed E-state index contributed by atoms with van der Waals surface area (Å²) in [7, 11) is 1.55. The molecule has 0 spiro atoms. The number of benzene rings is 3. The van der Waals surface area contributed by atoms with Crippen LogP contribution in [-0.2, 0) is 4.79 Å². The second-order valence-electron chi connectivity index (χ2n) is 5.89. The van der Waals surface area contributed by atoms with Gasteiger partial charge < -0.3 is 25.4 Å². The third-order valence-corrected chi connectivity index (χ3v) is 3.74. The van der Waals surface area contributed by atoms with Crippen LogP contribution in [0.1, 0.15) is 15.9 Å². The number of nitrogens with two attached hydrogens (primary N) is 1. The van der Waals surface area contributed by atoms with Crippen molar-refractivity contribution in [3.63, 3.8) is 0 Å². The molecule has 0 atom stereocenters. The Morgan fingerprint density at radius 2 is 1.63 bits per heavy atom. The van der Waals surface area contributed by atoms with Crippen LogP contribution >= 0.6 is 0 Å². The van der Waals surface area contributed by atoms with E-state index in [2.05, 4.69) is 0 Å². The highest BCUT2D eigenvalue weighted by atomic mass is 16.5. The molecule has 0 radical (unpaired) electrons. The topological polar surface area (TPSA) is 119 Å². The van der Waals surface area contributed by atoms with E-state index in [1.54, 1.807) is 43.5 Å². The number of rotatable bonds is 5. The number of phenolic OH excluding ortho intramolecular Hbond substituents is 1. The maximum Gasteiger partial charge on any atom is 0.347 e. The first kappa shape index (κ1) is 22.0. The molecule has 0 saturated carbocycles. The van der Waals surface area contributed by atoms with Crippen LogP contribution in [0, 0.1) is 0 Å². The molecular formula is C23H21NO6. The Morgan fingerprint density at radius 1 is 0.967 bits per heavy atom. The number of aromatic hydroxyl groups is 1. The second-order valence-corrected chi connectivity index (χ2v) is 5.89. The highest BCUT2D eigenvalue weighted by Crippen LogP contribution is 2.22. The zero-order valence-corrected chi connectivity index (χ0v) is 16.2. The van der Waals surface area contributed by atoms with Crippen LogP contribution in [0.2, 0.25) is 0 Å². The van der Waals surface area contributed by atoms with Gasteiger partial charge in [-0.05, 0) is 36.4 Å². The van der Waals surface area contributed by atoms with Gasteiger partial charge in [0.1, 0.15) is 22.8 Å². The molecule has 3 aromatic carbocycles. The number of phenols is 1.